The fraction of sp³-hybridized carbons (Fsp3) is 0.800. The van der Waals surface area contributed by atoms with E-state index in [1.165, 1.54) is 11.8 Å². The highest BCUT2D eigenvalue weighted by Gasteiger charge is 2.37. The third-order valence-corrected chi connectivity index (χ3v) is 2.50. The van der Waals surface area contributed by atoms with Gasteiger partial charge in [-0.3, -0.25) is 0 Å². The molecule has 0 spiro atoms. The zero-order valence-electron chi connectivity index (χ0n) is 4.72. The van der Waals surface area contributed by atoms with Crippen LogP contribution in [0.2, 0.25) is 0 Å². The van der Waals surface area contributed by atoms with Crippen LogP contribution in [-0.2, 0) is 0 Å². The van der Waals surface area contributed by atoms with Crippen molar-refractivity contribution in [3.63, 3.8) is 0 Å². The average Bonchev–Trinajstić information content (AvgIpc) is 1.86. The van der Waals surface area contributed by atoms with Gasteiger partial charge in [-0.2, -0.15) is 0 Å². The van der Waals surface area contributed by atoms with Gasteiger partial charge in [-0.15, -0.1) is 11.8 Å². The fourth-order valence-electron chi connectivity index (χ4n) is 0.638. The minimum atomic E-state index is -1.47. The number of hydrogen-bond acceptors (Lipinski definition) is 3. The summed E-state index contributed by atoms with van der Waals surface area (Å²) in [6, 6.07) is 0. The summed E-state index contributed by atoms with van der Waals surface area (Å²) >= 11 is 1.52. The smallest absolute Gasteiger partial charge is 0.179 e. The summed E-state index contributed by atoms with van der Waals surface area (Å²) in [5, 5.41) is 18.6. The maximum absolute atomic E-state index is 8.96. The lowest BCUT2D eigenvalue weighted by atomic mass is 10.2. The van der Waals surface area contributed by atoms with Gasteiger partial charge in [0, 0.05) is 6.42 Å². The van der Waals surface area contributed by atoms with Crippen LogP contribution in [0.15, 0.2) is 0 Å². The van der Waals surface area contributed by atoms with Crippen molar-refractivity contribution >= 4 is 11.8 Å². The molecule has 1 saturated heterocycles. The molecule has 3 heteroatoms. The molecule has 0 bridgehead atoms. The highest BCUT2D eigenvalue weighted by atomic mass is 32.2. The normalized spacial score (nSPS) is 28.9. The van der Waals surface area contributed by atoms with E-state index < -0.39 is 5.79 Å². The molecule has 1 fully saturated rings. The molecule has 0 aromatic heterocycles. The Morgan fingerprint density at radius 1 is 1.62 bits per heavy atom. The monoisotopic (exact) mass is 133 g/mol. The largest absolute Gasteiger partial charge is 0.364 e. The molecule has 0 unspecified atom stereocenters. The summed E-state index contributed by atoms with van der Waals surface area (Å²) in [6.07, 6.45) is 0.476. The second-order valence-electron chi connectivity index (χ2n) is 1.97. The van der Waals surface area contributed by atoms with E-state index in [0.717, 1.165) is 11.0 Å². The van der Waals surface area contributed by atoms with Crippen molar-refractivity contribution in [2.24, 2.45) is 0 Å². The SMILES string of the molecule is C[C]1SCCC1(O)O. The van der Waals surface area contributed by atoms with Gasteiger partial charge in [0.1, 0.15) is 0 Å². The minimum absolute atomic E-state index is 0.476. The van der Waals surface area contributed by atoms with E-state index in [1.807, 2.05) is 0 Å². The molecular weight excluding hydrogens is 124 g/mol. The average molecular weight is 133 g/mol. The second kappa shape index (κ2) is 1.90. The number of hydrogen-bond donors (Lipinski definition) is 2. The predicted molar refractivity (Wildman–Crippen MR) is 33.2 cm³/mol. The van der Waals surface area contributed by atoms with Crippen molar-refractivity contribution in [2.45, 2.75) is 19.1 Å². The first kappa shape index (κ1) is 6.39. The molecule has 1 aliphatic rings. The van der Waals surface area contributed by atoms with Gasteiger partial charge in [-0.05, 0) is 12.7 Å². The third-order valence-electron chi connectivity index (χ3n) is 1.33. The van der Waals surface area contributed by atoms with Crippen LogP contribution >= 0.6 is 11.8 Å². The Hall–Kier alpha value is 0.270. The van der Waals surface area contributed by atoms with E-state index in [-0.39, 0.29) is 0 Å². The molecule has 0 aliphatic carbocycles. The van der Waals surface area contributed by atoms with Crippen molar-refractivity contribution in [3.8, 4) is 0 Å². The predicted octanol–water partition coefficient (Wildman–Crippen LogP) is 0.356. The van der Waals surface area contributed by atoms with Crippen molar-refractivity contribution in [1.29, 1.82) is 0 Å². The molecule has 2 nitrogen and oxygen atoms in total. The van der Waals surface area contributed by atoms with Gasteiger partial charge in [0.05, 0.1) is 5.25 Å². The molecule has 0 aromatic rings. The lowest BCUT2D eigenvalue weighted by Crippen LogP contribution is -2.28. The Kier molecular flexibility index (Phi) is 1.52. The van der Waals surface area contributed by atoms with Gasteiger partial charge in [0.25, 0.3) is 0 Å². The van der Waals surface area contributed by atoms with Crippen LogP contribution < -0.4 is 0 Å². The first-order chi connectivity index (χ1) is 3.63. The molecule has 8 heavy (non-hydrogen) atoms. The Morgan fingerprint density at radius 2 is 2.25 bits per heavy atom. The van der Waals surface area contributed by atoms with Crippen LogP contribution in [0, 0.1) is 5.25 Å². The molecule has 0 amide bonds. The number of aliphatic hydroxyl groups is 2. The topological polar surface area (TPSA) is 40.5 Å². The first-order valence-corrected chi connectivity index (χ1v) is 3.53. The molecule has 0 aromatic carbocycles. The Bertz CT molecular complexity index is 92.4. The van der Waals surface area contributed by atoms with Gasteiger partial charge < -0.3 is 10.2 Å². The number of rotatable bonds is 0. The van der Waals surface area contributed by atoms with Crippen molar-refractivity contribution in [2.75, 3.05) is 5.75 Å². The lowest BCUT2D eigenvalue weighted by Gasteiger charge is -2.17. The standard InChI is InChI=1S/C5H9O2S/c1-4-5(6,7)2-3-8-4/h6-7H,2-3H2,1H3. The maximum Gasteiger partial charge on any atom is 0.179 e. The highest BCUT2D eigenvalue weighted by Crippen LogP contribution is 2.39. The summed E-state index contributed by atoms with van der Waals surface area (Å²) in [7, 11) is 0. The highest BCUT2D eigenvalue weighted by molar-refractivity contribution is 8.02. The summed E-state index contributed by atoms with van der Waals surface area (Å²) < 4.78 is 0. The third kappa shape index (κ3) is 0.989. The zero-order chi connectivity index (χ0) is 6.20. The zero-order valence-corrected chi connectivity index (χ0v) is 5.53. The van der Waals surface area contributed by atoms with E-state index in [4.69, 9.17) is 10.2 Å². The van der Waals surface area contributed by atoms with Crippen LogP contribution in [0.25, 0.3) is 0 Å². The summed E-state index contributed by atoms with van der Waals surface area (Å²) in [5.74, 6) is -0.635. The molecular formula is C5H9O2S. The Labute approximate surface area is 52.9 Å². The van der Waals surface area contributed by atoms with E-state index in [1.54, 1.807) is 6.92 Å². The van der Waals surface area contributed by atoms with E-state index in [2.05, 4.69) is 0 Å². The fourth-order valence-corrected chi connectivity index (χ4v) is 1.66. The van der Waals surface area contributed by atoms with Gasteiger partial charge in [-0.25, -0.2) is 0 Å². The van der Waals surface area contributed by atoms with Crippen molar-refractivity contribution < 1.29 is 10.2 Å². The number of thioether (sulfide) groups is 1. The van der Waals surface area contributed by atoms with Crippen LogP contribution in [0.3, 0.4) is 0 Å². The maximum atomic E-state index is 8.96. The van der Waals surface area contributed by atoms with Gasteiger partial charge in [0.15, 0.2) is 5.79 Å². The quantitative estimate of drug-likeness (QED) is 0.469. The van der Waals surface area contributed by atoms with E-state index >= 15 is 0 Å². The van der Waals surface area contributed by atoms with Gasteiger partial charge in [0.2, 0.25) is 0 Å². The molecule has 1 aliphatic heterocycles. The van der Waals surface area contributed by atoms with Gasteiger partial charge >= 0.3 is 0 Å². The molecule has 1 heterocycles. The summed E-state index contributed by atoms with van der Waals surface area (Å²) in [4.78, 5) is 0. The van der Waals surface area contributed by atoms with Crippen LogP contribution in [-0.4, -0.2) is 21.8 Å². The minimum Gasteiger partial charge on any atom is -0.364 e. The molecule has 0 saturated carbocycles. The van der Waals surface area contributed by atoms with Crippen molar-refractivity contribution in [1.82, 2.24) is 0 Å². The summed E-state index contributed by atoms with van der Waals surface area (Å²) in [6.45, 7) is 1.75. The second-order valence-corrected chi connectivity index (χ2v) is 3.28. The molecule has 47 valence electrons. The molecule has 0 atom stereocenters. The lowest BCUT2D eigenvalue weighted by molar-refractivity contribution is -0.132. The van der Waals surface area contributed by atoms with E-state index in [0.29, 0.717) is 6.42 Å². The molecule has 1 radical (unpaired) electrons. The Morgan fingerprint density at radius 3 is 2.38 bits per heavy atom. The van der Waals surface area contributed by atoms with Crippen LogP contribution in [0.1, 0.15) is 13.3 Å². The summed E-state index contributed by atoms with van der Waals surface area (Å²) in [5.41, 5.74) is 0. The van der Waals surface area contributed by atoms with Crippen LogP contribution in [0.4, 0.5) is 0 Å². The van der Waals surface area contributed by atoms with Crippen LogP contribution in [0.5, 0.6) is 0 Å². The van der Waals surface area contributed by atoms with Gasteiger partial charge in [-0.1, -0.05) is 0 Å². The molecule has 1 rings (SSSR count). The Balaban J connectivity index is 2.54. The van der Waals surface area contributed by atoms with E-state index in [9.17, 15) is 0 Å². The van der Waals surface area contributed by atoms with Crippen molar-refractivity contribution in [3.05, 3.63) is 5.25 Å². The first-order valence-electron chi connectivity index (χ1n) is 2.54. The molecule has 2 N–H and O–H groups in total.